The molecule has 2 unspecified atom stereocenters. The van der Waals surface area contributed by atoms with Crippen LogP contribution in [0.1, 0.15) is 47.8 Å². The first-order chi connectivity index (χ1) is 8.83. The van der Waals surface area contributed by atoms with Crippen LogP contribution in [0.5, 0.6) is 0 Å². The van der Waals surface area contributed by atoms with Gasteiger partial charge in [0.2, 0.25) is 5.89 Å². The summed E-state index contributed by atoms with van der Waals surface area (Å²) in [6, 6.07) is 9.86. The van der Waals surface area contributed by atoms with Crippen molar-refractivity contribution in [2.45, 2.75) is 38.4 Å². The molecule has 0 radical (unpaired) electrons. The van der Waals surface area contributed by atoms with Gasteiger partial charge in [-0.15, -0.1) is 0 Å². The second-order valence-corrected chi connectivity index (χ2v) is 5.15. The normalized spacial score (nSPS) is 25.6. The van der Waals surface area contributed by atoms with Gasteiger partial charge in [-0.3, -0.25) is 4.90 Å². The highest BCUT2D eigenvalue weighted by Crippen LogP contribution is 2.53. The van der Waals surface area contributed by atoms with Crippen LogP contribution in [-0.2, 0) is 6.54 Å². The van der Waals surface area contributed by atoms with Crippen molar-refractivity contribution in [2.75, 3.05) is 0 Å². The van der Waals surface area contributed by atoms with Gasteiger partial charge in [0.05, 0.1) is 6.54 Å². The van der Waals surface area contributed by atoms with Crippen molar-refractivity contribution in [3.8, 4) is 0 Å². The molecular weight excluding hydrogens is 226 g/mol. The van der Waals surface area contributed by atoms with E-state index in [1.807, 2.05) is 6.92 Å². The quantitative estimate of drug-likeness (QED) is 0.810. The maximum absolute atomic E-state index is 5.25. The Balaban J connectivity index is 1.66. The molecule has 2 atom stereocenters. The van der Waals surface area contributed by atoms with E-state index in [-0.39, 0.29) is 0 Å². The molecule has 2 bridgehead atoms. The van der Waals surface area contributed by atoms with Gasteiger partial charge in [0, 0.05) is 12.1 Å². The van der Waals surface area contributed by atoms with Crippen LogP contribution in [0.2, 0.25) is 0 Å². The van der Waals surface area contributed by atoms with Crippen molar-refractivity contribution in [3.63, 3.8) is 0 Å². The molecule has 92 valence electrons. The molecule has 4 heteroatoms. The zero-order chi connectivity index (χ0) is 12.1. The summed E-state index contributed by atoms with van der Waals surface area (Å²) in [6.07, 6.45) is 2.49. The fourth-order valence-corrected chi connectivity index (χ4v) is 3.43. The molecule has 1 aromatic heterocycles. The van der Waals surface area contributed by atoms with E-state index >= 15 is 0 Å². The van der Waals surface area contributed by atoms with Crippen LogP contribution in [0.3, 0.4) is 0 Å². The second kappa shape index (κ2) is 3.65. The van der Waals surface area contributed by atoms with Crippen molar-refractivity contribution >= 4 is 0 Å². The summed E-state index contributed by atoms with van der Waals surface area (Å²) in [4.78, 5) is 6.81. The summed E-state index contributed by atoms with van der Waals surface area (Å²) in [5, 5.41) is 3.87. The van der Waals surface area contributed by atoms with Gasteiger partial charge in [-0.25, -0.2) is 0 Å². The number of rotatable bonds is 2. The Kier molecular flexibility index (Phi) is 2.08. The van der Waals surface area contributed by atoms with Crippen molar-refractivity contribution < 1.29 is 4.52 Å². The summed E-state index contributed by atoms with van der Waals surface area (Å²) >= 11 is 0. The fourth-order valence-electron chi connectivity index (χ4n) is 3.43. The first-order valence-corrected chi connectivity index (χ1v) is 6.46. The molecule has 1 aromatic carbocycles. The second-order valence-electron chi connectivity index (χ2n) is 5.15. The SMILES string of the molecule is Cc1noc(CN2C3CCC2c2ccccc23)n1. The molecule has 0 spiro atoms. The highest BCUT2D eigenvalue weighted by Gasteiger charge is 2.43. The fraction of sp³-hybridized carbons (Fsp3) is 0.429. The molecule has 4 rings (SSSR count). The van der Waals surface area contributed by atoms with E-state index in [1.54, 1.807) is 0 Å². The zero-order valence-electron chi connectivity index (χ0n) is 10.3. The lowest BCUT2D eigenvalue weighted by Crippen LogP contribution is -2.19. The molecule has 1 saturated heterocycles. The van der Waals surface area contributed by atoms with Gasteiger partial charge in [0.15, 0.2) is 5.82 Å². The Morgan fingerprint density at radius 1 is 1.22 bits per heavy atom. The smallest absolute Gasteiger partial charge is 0.240 e. The minimum absolute atomic E-state index is 0.540. The summed E-state index contributed by atoms with van der Waals surface area (Å²) in [6.45, 7) is 2.63. The van der Waals surface area contributed by atoms with E-state index in [1.165, 1.54) is 24.0 Å². The van der Waals surface area contributed by atoms with Gasteiger partial charge in [-0.1, -0.05) is 29.4 Å². The van der Waals surface area contributed by atoms with Gasteiger partial charge < -0.3 is 4.52 Å². The van der Waals surface area contributed by atoms with E-state index < -0.39 is 0 Å². The van der Waals surface area contributed by atoms with Crippen LogP contribution < -0.4 is 0 Å². The zero-order valence-corrected chi connectivity index (χ0v) is 10.3. The summed E-state index contributed by atoms with van der Waals surface area (Å²) in [7, 11) is 0. The predicted octanol–water partition coefficient (Wildman–Crippen LogP) is 2.77. The summed E-state index contributed by atoms with van der Waals surface area (Å²) < 4.78 is 5.25. The van der Waals surface area contributed by atoms with Gasteiger partial charge in [0.1, 0.15) is 0 Å². The van der Waals surface area contributed by atoms with Crippen molar-refractivity contribution in [2.24, 2.45) is 0 Å². The average molecular weight is 241 g/mol. The van der Waals surface area contributed by atoms with Gasteiger partial charge in [-0.2, -0.15) is 4.98 Å². The van der Waals surface area contributed by atoms with Crippen LogP contribution in [0.25, 0.3) is 0 Å². The maximum Gasteiger partial charge on any atom is 0.240 e. The lowest BCUT2D eigenvalue weighted by Gasteiger charge is -2.19. The Bertz CT molecular complexity index is 561. The van der Waals surface area contributed by atoms with Crippen LogP contribution in [0.15, 0.2) is 28.8 Å². The maximum atomic E-state index is 5.25. The summed E-state index contributed by atoms with van der Waals surface area (Å²) in [5.74, 6) is 1.45. The minimum atomic E-state index is 0.540. The van der Waals surface area contributed by atoms with Crippen LogP contribution in [0, 0.1) is 6.92 Å². The van der Waals surface area contributed by atoms with E-state index in [4.69, 9.17) is 4.52 Å². The molecule has 0 N–H and O–H groups in total. The minimum Gasteiger partial charge on any atom is -0.338 e. The number of fused-ring (bicyclic) bond motifs is 5. The third-order valence-corrected chi connectivity index (χ3v) is 4.12. The first kappa shape index (κ1) is 10.3. The molecular formula is C14H15N3O. The summed E-state index contributed by atoms with van der Waals surface area (Å²) in [5.41, 5.74) is 2.98. The van der Waals surface area contributed by atoms with Crippen molar-refractivity contribution in [3.05, 3.63) is 47.1 Å². The van der Waals surface area contributed by atoms with E-state index in [0.717, 1.165) is 12.4 Å². The lowest BCUT2D eigenvalue weighted by atomic mass is 9.92. The van der Waals surface area contributed by atoms with E-state index in [9.17, 15) is 0 Å². The number of benzene rings is 1. The van der Waals surface area contributed by atoms with Gasteiger partial charge in [-0.05, 0) is 30.9 Å². The molecule has 3 heterocycles. The third kappa shape index (κ3) is 1.35. The number of nitrogens with zero attached hydrogens (tertiary/aromatic N) is 3. The molecule has 0 aliphatic carbocycles. The Morgan fingerprint density at radius 2 is 1.89 bits per heavy atom. The van der Waals surface area contributed by atoms with Crippen LogP contribution in [-0.4, -0.2) is 15.0 Å². The first-order valence-electron chi connectivity index (χ1n) is 6.46. The predicted molar refractivity (Wildman–Crippen MR) is 65.7 cm³/mol. The average Bonchev–Trinajstić information content (AvgIpc) is 3.05. The Morgan fingerprint density at radius 3 is 2.44 bits per heavy atom. The molecule has 1 fully saturated rings. The largest absolute Gasteiger partial charge is 0.338 e. The topological polar surface area (TPSA) is 42.2 Å². The Labute approximate surface area is 106 Å². The molecule has 2 aliphatic heterocycles. The number of aryl methyl sites for hydroxylation is 1. The number of hydrogen-bond acceptors (Lipinski definition) is 4. The highest BCUT2D eigenvalue weighted by atomic mass is 16.5. The van der Waals surface area contributed by atoms with E-state index in [2.05, 4.69) is 39.3 Å². The van der Waals surface area contributed by atoms with Gasteiger partial charge >= 0.3 is 0 Å². The highest BCUT2D eigenvalue weighted by molar-refractivity contribution is 5.39. The molecule has 0 amide bonds. The van der Waals surface area contributed by atoms with Crippen LogP contribution in [0.4, 0.5) is 0 Å². The van der Waals surface area contributed by atoms with E-state index in [0.29, 0.717) is 17.9 Å². The molecule has 2 aromatic rings. The van der Waals surface area contributed by atoms with Crippen molar-refractivity contribution in [1.82, 2.24) is 15.0 Å². The van der Waals surface area contributed by atoms with Gasteiger partial charge in [0.25, 0.3) is 0 Å². The molecule has 2 aliphatic rings. The number of hydrogen-bond donors (Lipinski definition) is 0. The molecule has 18 heavy (non-hydrogen) atoms. The Hall–Kier alpha value is -1.68. The number of aromatic nitrogens is 2. The molecule has 4 nitrogen and oxygen atoms in total. The molecule has 0 saturated carbocycles. The van der Waals surface area contributed by atoms with Crippen LogP contribution >= 0.6 is 0 Å². The third-order valence-electron chi connectivity index (χ3n) is 4.12. The monoisotopic (exact) mass is 241 g/mol. The standard InChI is InChI=1S/C14H15N3O/c1-9-15-14(18-16-9)8-17-12-6-7-13(17)11-5-3-2-4-10(11)12/h2-5,12-13H,6-8H2,1H3. The van der Waals surface area contributed by atoms with Crippen molar-refractivity contribution in [1.29, 1.82) is 0 Å². The lowest BCUT2D eigenvalue weighted by molar-refractivity contribution is 0.184.